The third-order valence-corrected chi connectivity index (χ3v) is 6.15. The van der Waals surface area contributed by atoms with Crippen LogP contribution in [0.25, 0.3) is 11.3 Å². The van der Waals surface area contributed by atoms with Crippen LogP contribution in [-0.4, -0.2) is 28.6 Å². The van der Waals surface area contributed by atoms with E-state index < -0.39 is 0 Å². The number of carbonyl (C=O) groups is 2. The van der Waals surface area contributed by atoms with E-state index >= 15 is 0 Å². The molecule has 0 aliphatic carbocycles. The zero-order chi connectivity index (χ0) is 21.5. The first-order valence-corrected chi connectivity index (χ1v) is 11.7. The van der Waals surface area contributed by atoms with Crippen molar-refractivity contribution >= 4 is 40.0 Å². The van der Waals surface area contributed by atoms with Gasteiger partial charge in [0.25, 0.3) is 5.91 Å². The summed E-state index contributed by atoms with van der Waals surface area (Å²) in [5.41, 5.74) is 3.67. The van der Waals surface area contributed by atoms with E-state index in [1.54, 1.807) is 6.07 Å². The van der Waals surface area contributed by atoms with E-state index in [2.05, 4.69) is 34.7 Å². The van der Waals surface area contributed by atoms with Crippen LogP contribution >= 0.6 is 23.1 Å². The molecule has 0 radical (unpaired) electrons. The first-order chi connectivity index (χ1) is 14.5. The fourth-order valence-electron chi connectivity index (χ4n) is 2.83. The summed E-state index contributed by atoms with van der Waals surface area (Å²) in [6.45, 7) is 5.97. The van der Waals surface area contributed by atoms with E-state index in [1.165, 1.54) is 28.7 Å². The summed E-state index contributed by atoms with van der Waals surface area (Å²) >= 11 is 2.75. The van der Waals surface area contributed by atoms with Crippen molar-refractivity contribution in [2.24, 2.45) is 0 Å². The number of carbonyl (C=O) groups excluding carboxylic acids is 2. The van der Waals surface area contributed by atoms with Crippen molar-refractivity contribution < 1.29 is 9.59 Å². The van der Waals surface area contributed by atoms with Gasteiger partial charge in [-0.3, -0.25) is 14.9 Å². The van der Waals surface area contributed by atoms with E-state index in [0.29, 0.717) is 10.7 Å². The number of rotatable bonds is 8. The number of amides is 2. The lowest BCUT2D eigenvalue weighted by Gasteiger charge is -2.10. The van der Waals surface area contributed by atoms with Gasteiger partial charge in [-0.25, -0.2) is 4.98 Å². The van der Waals surface area contributed by atoms with E-state index in [4.69, 9.17) is 0 Å². The van der Waals surface area contributed by atoms with Crippen molar-refractivity contribution in [3.8, 4) is 11.3 Å². The molecule has 2 aromatic carbocycles. The molecule has 30 heavy (non-hydrogen) atoms. The van der Waals surface area contributed by atoms with Crippen molar-refractivity contribution in [2.75, 3.05) is 11.1 Å². The molecule has 2 N–H and O–H groups in total. The van der Waals surface area contributed by atoms with Crippen LogP contribution in [0.2, 0.25) is 0 Å². The van der Waals surface area contributed by atoms with Crippen LogP contribution in [0.3, 0.4) is 0 Å². The van der Waals surface area contributed by atoms with E-state index in [9.17, 15) is 9.59 Å². The predicted octanol–water partition coefficient (Wildman–Crippen LogP) is 5.24. The topological polar surface area (TPSA) is 71.1 Å². The second kappa shape index (κ2) is 10.4. The van der Waals surface area contributed by atoms with E-state index in [-0.39, 0.29) is 23.6 Å². The van der Waals surface area contributed by atoms with Gasteiger partial charge in [-0.2, -0.15) is 0 Å². The van der Waals surface area contributed by atoms with Crippen LogP contribution < -0.4 is 10.6 Å². The van der Waals surface area contributed by atoms with E-state index in [0.717, 1.165) is 22.6 Å². The molecule has 0 fully saturated rings. The van der Waals surface area contributed by atoms with Crippen molar-refractivity contribution in [3.63, 3.8) is 0 Å². The molecule has 0 aliphatic rings. The van der Waals surface area contributed by atoms with Gasteiger partial charge < -0.3 is 5.32 Å². The van der Waals surface area contributed by atoms with Gasteiger partial charge in [-0.05, 0) is 38.0 Å². The summed E-state index contributed by atoms with van der Waals surface area (Å²) in [7, 11) is 0. The highest BCUT2D eigenvalue weighted by Crippen LogP contribution is 2.27. The van der Waals surface area contributed by atoms with Gasteiger partial charge >= 0.3 is 0 Å². The smallest absolute Gasteiger partial charge is 0.258 e. The maximum Gasteiger partial charge on any atom is 0.258 e. The summed E-state index contributed by atoms with van der Waals surface area (Å²) in [5, 5.41) is 8.23. The summed E-state index contributed by atoms with van der Waals surface area (Å²) in [6.07, 6.45) is 0.995. The minimum Gasteiger partial charge on any atom is -0.353 e. The zero-order valence-corrected chi connectivity index (χ0v) is 18.9. The normalized spacial score (nSPS) is 10.8. The summed E-state index contributed by atoms with van der Waals surface area (Å²) in [6, 6.07) is 15.7. The standard InChI is InChI=1S/C23H25N3O2S2/c1-4-16-9-11-17(12-10-16)19-13-30-23(25-19)26-22(28)18-7-5-6-8-20(18)29-14-21(27)24-15(2)3/h5-13,15H,4,14H2,1-3H3,(H,24,27)(H,25,26,28). The Kier molecular flexibility index (Phi) is 7.65. The average molecular weight is 440 g/mol. The van der Waals surface area contributed by atoms with Gasteiger partial charge in [0.2, 0.25) is 5.91 Å². The molecular weight excluding hydrogens is 414 g/mol. The van der Waals surface area contributed by atoms with Gasteiger partial charge in [-0.15, -0.1) is 23.1 Å². The molecule has 1 aromatic heterocycles. The molecule has 0 aliphatic heterocycles. The highest BCUT2D eigenvalue weighted by atomic mass is 32.2. The number of thiazole rings is 1. The van der Waals surface area contributed by atoms with Crippen LogP contribution in [0, 0.1) is 0 Å². The van der Waals surface area contributed by atoms with Crippen LogP contribution in [0.1, 0.15) is 36.7 Å². The Balaban J connectivity index is 1.68. The molecule has 0 bridgehead atoms. The van der Waals surface area contributed by atoms with Crippen LogP contribution in [-0.2, 0) is 11.2 Å². The highest BCUT2D eigenvalue weighted by molar-refractivity contribution is 8.00. The molecule has 0 unspecified atom stereocenters. The number of nitrogens with zero attached hydrogens (tertiary/aromatic N) is 1. The third-order valence-electron chi connectivity index (χ3n) is 4.32. The fraction of sp³-hybridized carbons (Fsp3) is 0.261. The summed E-state index contributed by atoms with van der Waals surface area (Å²) < 4.78 is 0. The van der Waals surface area contributed by atoms with Gasteiger partial charge in [0.15, 0.2) is 5.13 Å². The Morgan fingerprint density at radius 2 is 1.83 bits per heavy atom. The lowest BCUT2D eigenvalue weighted by atomic mass is 10.1. The lowest BCUT2D eigenvalue weighted by molar-refractivity contribution is -0.119. The minimum absolute atomic E-state index is 0.0520. The van der Waals surface area contributed by atoms with Crippen molar-refractivity contribution in [1.29, 1.82) is 0 Å². The quantitative estimate of drug-likeness (QED) is 0.471. The third kappa shape index (κ3) is 5.93. The van der Waals surface area contributed by atoms with Crippen LogP contribution in [0.15, 0.2) is 58.8 Å². The largest absolute Gasteiger partial charge is 0.353 e. The maximum atomic E-state index is 12.8. The van der Waals surface area contributed by atoms with Gasteiger partial charge in [0.05, 0.1) is 17.0 Å². The van der Waals surface area contributed by atoms with E-state index in [1.807, 2.05) is 49.6 Å². The first kappa shape index (κ1) is 22.1. The second-order valence-corrected chi connectivity index (χ2v) is 8.92. The molecule has 0 atom stereocenters. The fourth-order valence-corrected chi connectivity index (χ4v) is 4.40. The van der Waals surface area contributed by atoms with Gasteiger partial charge in [0.1, 0.15) is 0 Å². The first-order valence-electron chi connectivity index (χ1n) is 9.83. The highest BCUT2D eigenvalue weighted by Gasteiger charge is 2.15. The lowest BCUT2D eigenvalue weighted by Crippen LogP contribution is -2.31. The molecule has 3 rings (SSSR count). The Hall–Kier alpha value is -2.64. The molecule has 3 aromatic rings. The Morgan fingerprint density at radius 1 is 1.10 bits per heavy atom. The number of aryl methyl sites for hydroxylation is 1. The summed E-state index contributed by atoms with van der Waals surface area (Å²) in [4.78, 5) is 30.1. The van der Waals surface area contributed by atoms with Crippen molar-refractivity contribution in [2.45, 2.75) is 38.1 Å². The minimum atomic E-state index is -0.232. The number of nitrogens with one attached hydrogen (secondary N) is 2. The number of thioether (sulfide) groups is 1. The Bertz CT molecular complexity index is 1010. The number of benzene rings is 2. The van der Waals surface area contributed by atoms with Gasteiger partial charge in [0, 0.05) is 21.9 Å². The molecule has 0 saturated carbocycles. The van der Waals surface area contributed by atoms with Crippen molar-refractivity contribution in [3.05, 3.63) is 65.0 Å². The number of hydrogen-bond donors (Lipinski definition) is 2. The number of anilines is 1. The average Bonchev–Trinajstić information content (AvgIpc) is 3.20. The molecule has 156 valence electrons. The monoisotopic (exact) mass is 439 g/mol. The second-order valence-electron chi connectivity index (χ2n) is 7.05. The van der Waals surface area contributed by atoms with Crippen molar-refractivity contribution in [1.82, 2.24) is 10.3 Å². The predicted molar refractivity (Wildman–Crippen MR) is 125 cm³/mol. The molecule has 1 heterocycles. The molecule has 2 amide bonds. The molecule has 0 spiro atoms. The molecule has 0 saturated heterocycles. The van der Waals surface area contributed by atoms with Crippen LogP contribution in [0.4, 0.5) is 5.13 Å². The van der Waals surface area contributed by atoms with Gasteiger partial charge in [-0.1, -0.05) is 43.3 Å². The zero-order valence-electron chi connectivity index (χ0n) is 17.3. The number of aromatic nitrogens is 1. The molecule has 5 nitrogen and oxygen atoms in total. The summed E-state index contributed by atoms with van der Waals surface area (Å²) in [5.74, 6) is -0.0223. The Labute approximate surface area is 185 Å². The maximum absolute atomic E-state index is 12.8. The van der Waals surface area contributed by atoms with Crippen LogP contribution in [0.5, 0.6) is 0 Å². The SMILES string of the molecule is CCc1ccc(-c2csc(NC(=O)c3ccccc3SCC(=O)NC(C)C)n2)cc1. The number of hydrogen-bond acceptors (Lipinski definition) is 5. The molecular formula is C23H25N3O2S2. The Morgan fingerprint density at radius 3 is 2.53 bits per heavy atom. The molecule has 7 heteroatoms.